The second kappa shape index (κ2) is 6.87. The van der Waals surface area contributed by atoms with Gasteiger partial charge in [0.25, 0.3) is 0 Å². The second-order valence-electron chi connectivity index (χ2n) is 7.13. The van der Waals surface area contributed by atoms with Crippen molar-refractivity contribution in [3.63, 3.8) is 0 Å². The van der Waals surface area contributed by atoms with E-state index in [1.165, 1.54) is 0 Å². The largest absolute Gasteiger partial charge is 0.346 e. The first-order valence-corrected chi connectivity index (χ1v) is 9.22. The van der Waals surface area contributed by atoms with Crippen molar-refractivity contribution < 1.29 is 4.79 Å². The van der Waals surface area contributed by atoms with Crippen LogP contribution in [0.2, 0.25) is 0 Å². The number of carbonyl (C=O) groups excluding carboxylic acids is 1. The van der Waals surface area contributed by atoms with Crippen molar-refractivity contribution in [2.45, 2.75) is 39.3 Å². The zero-order valence-electron chi connectivity index (χ0n) is 15.8. The van der Waals surface area contributed by atoms with Crippen molar-refractivity contribution in [3.05, 3.63) is 66.2 Å². The summed E-state index contributed by atoms with van der Waals surface area (Å²) in [4.78, 5) is 12.7. The van der Waals surface area contributed by atoms with E-state index in [0.29, 0.717) is 12.5 Å². The Labute approximate surface area is 157 Å². The molecule has 27 heavy (non-hydrogen) atoms. The third-order valence-corrected chi connectivity index (χ3v) is 4.84. The quantitative estimate of drug-likeness (QED) is 0.590. The fraction of sp³-hybridized carbons (Fsp3) is 0.286. The van der Waals surface area contributed by atoms with Crippen LogP contribution in [0.4, 0.5) is 0 Å². The normalized spacial score (nSPS) is 12.7. The van der Waals surface area contributed by atoms with Crippen LogP contribution in [0.25, 0.3) is 16.6 Å². The van der Waals surface area contributed by atoms with Crippen LogP contribution in [0.15, 0.2) is 54.9 Å². The Balaban J connectivity index is 1.55. The summed E-state index contributed by atoms with van der Waals surface area (Å²) < 4.78 is 4.11. The summed E-state index contributed by atoms with van der Waals surface area (Å²) in [6.45, 7) is 6.22. The Morgan fingerprint density at radius 3 is 2.67 bits per heavy atom. The van der Waals surface area contributed by atoms with Crippen LogP contribution < -0.4 is 5.32 Å². The van der Waals surface area contributed by atoms with Crippen LogP contribution in [0.5, 0.6) is 0 Å². The van der Waals surface area contributed by atoms with Gasteiger partial charge in [-0.15, -0.1) is 10.2 Å². The number of fused-ring (bicyclic) bond motifs is 2. The molecule has 0 bridgehead atoms. The first-order chi connectivity index (χ1) is 13.0. The maximum atomic E-state index is 12.7. The minimum Gasteiger partial charge on any atom is -0.346 e. The van der Waals surface area contributed by atoms with E-state index in [0.717, 1.165) is 27.9 Å². The second-order valence-corrected chi connectivity index (χ2v) is 7.13. The van der Waals surface area contributed by atoms with E-state index >= 15 is 0 Å². The number of carbonyl (C=O) groups is 1. The molecule has 1 N–H and O–H groups in total. The molecule has 0 unspecified atom stereocenters. The minimum atomic E-state index is -0.228. The molecule has 1 aromatic carbocycles. The van der Waals surface area contributed by atoms with Crippen molar-refractivity contribution in [1.82, 2.24) is 24.5 Å². The van der Waals surface area contributed by atoms with E-state index in [-0.39, 0.29) is 11.9 Å². The Hall–Kier alpha value is -3.15. The lowest BCUT2D eigenvalue weighted by atomic mass is 10.1. The highest BCUT2D eigenvalue weighted by Gasteiger charge is 2.18. The molecule has 0 aliphatic carbocycles. The molecular formula is C21H23N5O. The number of hydrogen-bond donors (Lipinski definition) is 1. The van der Waals surface area contributed by atoms with Crippen LogP contribution in [0.1, 0.15) is 44.2 Å². The number of rotatable bonds is 5. The number of para-hydroxylation sites is 1. The van der Waals surface area contributed by atoms with Gasteiger partial charge in [-0.1, -0.05) is 24.3 Å². The maximum Gasteiger partial charge on any atom is 0.225 e. The van der Waals surface area contributed by atoms with Crippen LogP contribution in [0, 0.1) is 0 Å². The maximum absolute atomic E-state index is 12.7. The molecule has 0 radical (unpaired) electrons. The summed E-state index contributed by atoms with van der Waals surface area (Å²) in [6, 6.07) is 14.1. The first-order valence-electron chi connectivity index (χ1n) is 9.22. The lowest BCUT2D eigenvalue weighted by molar-refractivity contribution is -0.121. The number of nitrogens with one attached hydrogen (secondary N) is 1. The molecular weight excluding hydrogens is 338 g/mol. The van der Waals surface area contributed by atoms with Crippen molar-refractivity contribution in [3.8, 4) is 0 Å². The van der Waals surface area contributed by atoms with Crippen LogP contribution in [-0.4, -0.2) is 25.1 Å². The smallest absolute Gasteiger partial charge is 0.225 e. The van der Waals surface area contributed by atoms with E-state index in [9.17, 15) is 4.79 Å². The molecule has 6 heteroatoms. The molecule has 138 valence electrons. The lowest BCUT2D eigenvalue weighted by Crippen LogP contribution is -2.29. The number of pyridine rings is 1. The van der Waals surface area contributed by atoms with Crippen molar-refractivity contribution >= 4 is 22.5 Å². The monoisotopic (exact) mass is 361 g/mol. The van der Waals surface area contributed by atoms with Gasteiger partial charge in [0.15, 0.2) is 11.5 Å². The van der Waals surface area contributed by atoms with E-state index in [4.69, 9.17) is 0 Å². The molecule has 1 amide bonds. The van der Waals surface area contributed by atoms with Gasteiger partial charge in [-0.05, 0) is 44.5 Å². The Bertz CT molecular complexity index is 1110. The van der Waals surface area contributed by atoms with Crippen LogP contribution in [-0.2, 0) is 11.2 Å². The summed E-state index contributed by atoms with van der Waals surface area (Å²) in [6.07, 6.45) is 4.33. The van der Waals surface area contributed by atoms with Gasteiger partial charge in [-0.3, -0.25) is 9.20 Å². The summed E-state index contributed by atoms with van der Waals surface area (Å²) >= 11 is 0. The van der Waals surface area contributed by atoms with Gasteiger partial charge in [-0.2, -0.15) is 0 Å². The summed E-state index contributed by atoms with van der Waals surface area (Å²) in [5.41, 5.74) is 2.97. The summed E-state index contributed by atoms with van der Waals surface area (Å²) in [5.74, 6) is 0.699. The van der Waals surface area contributed by atoms with Crippen molar-refractivity contribution in [2.24, 2.45) is 0 Å². The standard InChI is InChI=1S/C21H23N5O/c1-14(2)26-13-16(17-8-4-5-9-18(17)26)12-20(27)22-15(3)21-24-23-19-10-6-7-11-25(19)21/h4-11,13-15H,12H2,1-3H3,(H,22,27)/t15-/m1/s1. The fourth-order valence-electron chi connectivity index (χ4n) is 3.53. The van der Waals surface area contributed by atoms with Crippen LogP contribution in [0.3, 0.4) is 0 Å². The van der Waals surface area contributed by atoms with Gasteiger partial charge in [0.05, 0.1) is 12.5 Å². The molecule has 0 saturated heterocycles. The summed E-state index contributed by atoms with van der Waals surface area (Å²) in [5, 5.41) is 12.6. The van der Waals surface area contributed by atoms with Crippen LogP contribution >= 0.6 is 0 Å². The molecule has 4 rings (SSSR count). The van der Waals surface area contributed by atoms with Gasteiger partial charge in [0.2, 0.25) is 5.91 Å². The van der Waals surface area contributed by atoms with Gasteiger partial charge < -0.3 is 9.88 Å². The first kappa shape index (κ1) is 17.3. The zero-order valence-corrected chi connectivity index (χ0v) is 15.8. The highest BCUT2D eigenvalue weighted by atomic mass is 16.1. The van der Waals surface area contributed by atoms with Gasteiger partial charge in [0.1, 0.15) is 0 Å². The molecule has 6 nitrogen and oxygen atoms in total. The summed E-state index contributed by atoms with van der Waals surface area (Å²) in [7, 11) is 0. The van der Waals surface area contributed by atoms with Gasteiger partial charge >= 0.3 is 0 Å². The molecule has 3 heterocycles. The molecule has 4 aromatic rings. The Morgan fingerprint density at radius 2 is 1.85 bits per heavy atom. The predicted octanol–water partition coefficient (Wildman–Crippen LogP) is 3.68. The lowest BCUT2D eigenvalue weighted by Gasteiger charge is -2.12. The Kier molecular flexibility index (Phi) is 4.39. The molecule has 0 saturated carbocycles. The predicted molar refractivity (Wildman–Crippen MR) is 106 cm³/mol. The van der Waals surface area contributed by atoms with Gasteiger partial charge in [-0.25, -0.2) is 0 Å². The average Bonchev–Trinajstić information content (AvgIpc) is 3.24. The number of nitrogens with zero attached hydrogens (tertiary/aromatic N) is 4. The van der Waals surface area contributed by atoms with Crippen molar-refractivity contribution in [2.75, 3.05) is 0 Å². The van der Waals surface area contributed by atoms with Gasteiger partial charge in [0, 0.05) is 29.3 Å². The molecule has 1 atom stereocenters. The fourth-order valence-corrected chi connectivity index (χ4v) is 3.53. The number of benzene rings is 1. The number of aromatic nitrogens is 4. The SMILES string of the molecule is CC(C)n1cc(CC(=O)N[C@H](C)c2nnc3ccccn23)c2ccccc21. The molecule has 3 aromatic heterocycles. The highest BCUT2D eigenvalue weighted by Crippen LogP contribution is 2.25. The average molecular weight is 361 g/mol. The topological polar surface area (TPSA) is 64.2 Å². The minimum absolute atomic E-state index is 0.0261. The molecule has 0 fully saturated rings. The van der Waals surface area contributed by atoms with E-state index in [2.05, 4.69) is 52.3 Å². The number of amides is 1. The highest BCUT2D eigenvalue weighted by molar-refractivity contribution is 5.89. The third-order valence-electron chi connectivity index (χ3n) is 4.84. The Morgan fingerprint density at radius 1 is 1.07 bits per heavy atom. The molecule has 0 aliphatic heterocycles. The van der Waals surface area contributed by atoms with Crippen molar-refractivity contribution in [1.29, 1.82) is 0 Å². The van der Waals surface area contributed by atoms with E-state index in [1.54, 1.807) is 0 Å². The molecule has 0 spiro atoms. The zero-order chi connectivity index (χ0) is 19.0. The third kappa shape index (κ3) is 3.18. The number of hydrogen-bond acceptors (Lipinski definition) is 3. The van der Waals surface area contributed by atoms with E-state index in [1.807, 2.05) is 47.9 Å². The molecule has 0 aliphatic rings. The van der Waals surface area contributed by atoms with E-state index < -0.39 is 0 Å².